The Morgan fingerprint density at radius 1 is 0.350 bits per heavy atom. The molecule has 0 heterocycles. The molecule has 4 amide bonds. The fraction of sp³-hybridized carbons (Fsp3) is 0.200. The average molecular weight is 1650 g/mol. The lowest BCUT2D eigenvalue weighted by Crippen LogP contribution is -2.42. The van der Waals surface area contributed by atoms with Gasteiger partial charge in [0.05, 0.1) is 24.0 Å². The molecule has 12 aromatic rings. The first-order valence-corrected chi connectivity index (χ1v) is 40.2. The largest absolute Gasteiger partial charge is 0.491 e. The van der Waals surface area contributed by atoms with E-state index in [4.69, 9.17) is 47.4 Å². The molecule has 0 fully saturated rings. The van der Waals surface area contributed by atoms with E-state index in [2.05, 4.69) is 173 Å². The van der Waals surface area contributed by atoms with E-state index in [9.17, 15) is 44.1 Å². The van der Waals surface area contributed by atoms with Crippen LogP contribution in [0.25, 0.3) is 22.3 Å². The van der Waals surface area contributed by atoms with Crippen LogP contribution in [0.3, 0.4) is 0 Å². The molecule has 0 radical (unpaired) electrons. The number of benzene rings is 12. The molecule has 0 aromatic heterocycles. The fourth-order valence-electron chi connectivity index (χ4n) is 15.6. The van der Waals surface area contributed by atoms with Crippen LogP contribution in [-0.2, 0) is 61.7 Å². The average Bonchev–Trinajstić information content (AvgIpc) is 1.55. The van der Waals surface area contributed by atoms with E-state index in [1.54, 1.807) is 72.8 Å². The molecule has 2 aliphatic rings. The van der Waals surface area contributed by atoms with Crippen LogP contribution in [0.1, 0.15) is 80.6 Å². The highest BCUT2D eigenvalue weighted by atomic mass is 16.6. The topological polar surface area (TPSA) is 304 Å². The van der Waals surface area contributed by atoms with Crippen LogP contribution in [-0.4, -0.2) is 137 Å². The minimum Gasteiger partial charge on any atom is -0.491 e. The summed E-state index contributed by atoms with van der Waals surface area (Å²) in [7, 11) is 0. The number of fused-ring (bicyclic) bond motifs is 6. The summed E-state index contributed by atoms with van der Waals surface area (Å²) in [4.78, 5) is 79.4. The smallest absolute Gasteiger partial charge is 0.411 e. The van der Waals surface area contributed by atoms with Gasteiger partial charge in [0, 0.05) is 28.3 Å². The molecule has 0 aliphatic heterocycles. The third-order valence-electron chi connectivity index (χ3n) is 21.2. The summed E-state index contributed by atoms with van der Waals surface area (Å²) in [5.74, 6) is 0.716. The number of carbonyl (C=O) groups excluding carboxylic acids is 6. The zero-order valence-electron chi connectivity index (χ0n) is 67.8. The van der Waals surface area contributed by atoms with Crippen LogP contribution >= 0.6 is 0 Å². The van der Waals surface area contributed by atoms with Crippen molar-refractivity contribution in [1.29, 1.82) is 0 Å². The van der Waals surface area contributed by atoms with Gasteiger partial charge in [-0.1, -0.05) is 201 Å². The lowest BCUT2D eigenvalue weighted by Gasteiger charge is -2.34. The molecule has 2 aliphatic carbocycles. The van der Waals surface area contributed by atoms with Gasteiger partial charge in [-0.25, -0.2) is 24.0 Å². The van der Waals surface area contributed by atoms with E-state index in [-0.39, 0.29) is 58.4 Å². The van der Waals surface area contributed by atoms with Gasteiger partial charge < -0.3 is 62.7 Å². The molecule has 7 N–H and O–H groups in total. The van der Waals surface area contributed by atoms with Crippen LogP contribution < -0.4 is 40.2 Å². The first-order chi connectivity index (χ1) is 59.9. The number of hydrogen-bond donors (Lipinski definition) is 7. The standard InChI is InChI=1S/C100H92N4O19/c1-66(2)92(108)120-62-79(107)63-121-93(109)98(3,64-122-96(112)103-77-22-14-18-69(60-77)56-67-16-12-20-75(58-67)101-94(110)118-54-52-116-82-44-36-73(37-45-82)99(71-32-40-80(41-33-71)114-50-48-105)88-28-8-4-24-84(88)85-25-5-9-29-89(85)99)65-123-97(113)104-78-23-15-19-70(61-78)57-68-17-13-21-76(59-68)102-95(111)119-55-53-117-83-46-38-74(39-47-83)100(72-34-42-81(43-35-72)115-51-49-106)90-30-10-6-26-86(90)87-27-7-11-31-91(87)100/h4-47,58-61,79,105-107H,1,48-57,62-65H2,2-3H3,(H,101,110)(H,102,111)(H,103,112)(H,104,113). The van der Waals surface area contributed by atoms with Crippen molar-refractivity contribution in [3.05, 3.63) is 370 Å². The number of anilines is 4. The second-order valence-electron chi connectivity index (χ2n) is 29.9. The van der Waals surface area contributed by atoms with Crippen LogP contribution in [0.2, 0.25) is 0 Å². The van der Waals surface area contributed by atoms with Gasteiger partial charge in [-0.2, -0.15) is 0 Å². The molecule has 1 atom stereocenters. The number of esters is 2. The first kappa shape index (κ1) is 84.9. The van der Waals surface area contributed by atoms with E-state index in [1.165, 1.54) is 13.8 Å². The molecule has 0 spiro atoms. The van der Waals surface area contributed by atoms with Gasteiger partial charge in [0.25, 0.3) is 0 Å². The molecular weight excluding hydrogens is 1560 g/mol. The Morgan fingerprint density at radius 2 is 0.634 bits per heavy atom. The van der Waals surface area contributed by atoms with Gasteiger partial charge >= 0.3 is 36.3 Å². The summed E-state index contributed by atoms with van der Waals surface area (Å²) in [5.41, 5.74) is 15.1. The van der Waals surface area contributed by atoms with E-state index in [0.717, 1.165) is 89.0 Å². The van der Waals surface area contributed by atoms with E-state index < -0.39 is 85.1 Å². The summed E-state index contributed by atoms with van der Waals surface area (Å²) < 4.78 is 56.4. The van der Waals surface area contributed by atoms with Gasteiger partial charge in [0.2, 0.25) is 0 Å². The number of aliphatic hydroxyl groups is 3. The highest BCUT2D eigenvalue weighted by Crippen LogP contribution is 2.58. The van der Waals surface area contributed by atoms with Crippen molar-refractivity contribution in [1.82, 2.24) is 0 Å². The second kappa shape index (κ2) is 39.6. The Morgan fingerprint density at radius 3 is 0.935 bits per heavy atom. The van der Waals surface area contributed by atoms with Crippen LogP contribution in [0, 0.1) is 5.41 Å². The van der Waals surface area contributed by atoms with E-state index in [0.29, 0.717) is 58.6 Å². The maximum atomic E-state index is 13.9. The van der Waals surface area contributed by atoms with Crippen molar-refractivity contribution in [3.8, 4) is 45.3 Å². The fourth-order valence-corrected chi connectivity index (χ4v) is 15.6. The third kappa shape index (κ3) is 20.2. The maximum Gasteiger partial charge on any atom is 0.411 e. The molecule has 14 rings (SSSR count). The highest BCUT2D eigenvalue weighted by Gasteiger charge is 2.48. The zero-order valence-corrected chi connectivity index (χ0v) is 67.8. The number of carbonyl (C=O) groups is 6. The van der Waals surface area contributed by atoms with Crippen molar-refractivity contribution in [2.24, 2.45) is 5.41 Å². The van der Waals surface area contributed by atoms with Crippen molar-refractivity contribution >= 4 is 59.1 Å². The molecule has 123 heavy (non-hydrogen) atoms. The number of ether oxygens (including phenoxy) is 10. The second-order valence-corrected chi connectivity index (χ2v) is 29.9. The van der Waals surface area contributed by atoms with E-state index in [1.807, 2.05) is 72.8 Å². The lowest BCUT2D eigenvalue weighted by molar-refractivity contribution is -0.164. The normalized spacial score (nSPS) is 12.6. The third-order valence-corrected chi connectivity index (χ3v) is 21.2. The summed E-state index contributed by atoms with van der Waals surface area (Å²) in [5, 5.41) is 40.3. The summed E-state index contributed by atoms with van der Waals surface area (Å²) in [6, 6.07) is 93.9. The predicted molar refractivity (Wildman–Crippen MR) is 466 cm³/mol. The molecule has 0 bridgehead atoms. The molecule has 626 valence electrons. The highest BCUT2D eigenvalue weighted by molar-refractivity contribution is 5.91. The number of amides is 4. The molecule has 0 saturated carbocycles. The number of aliphatic hydroxyl groups excluding tert-OH is 3. The zero-order chi connectivity index (χ0) is 85.7. The quantitative estimate of drug-likeness (QED) is 0.00830. The Balaban J connectivity index is 0.537. The van der Waals surface area contributed by atoms with Crippen molar-refractivity contribution in [2.75, 3.05) is 101 Å². The predicted octanol–water partition coefficient (Wildman–Crippen LogP) is 17.4. The summed E-state index contributed by atoms with van der Waals surface area (Å²) in [6.07, 6.45) is -4.00. The van der Waals surface area contributed by atoms with Gasteiger partial charge in [0.15, 0.2) is 0 Å². The monoisotopic (exact) mass is 1650 g/mol. The molecule has 1 unspecified atom stereocenters. The van der Waals surface area contributed by atoms with Crippen molar-refractivity contribution in [3.63, 3.8) is 0 Å². The lowest BCUT2D eigenvalue weighted by atomic mass is 9.68. The van der Waals surface area contributed by atoms with Crippen molar-refractivity contribution < 1.29 is 91.5 Å². The Hall–Kier alpha value is -14.5. The van der Waals surface area contributed by atoms with Crippen LogP contribution in [0.4, 0.5) is 41.9 Å². The summed E-state index contributed by atoms with van der Waals surface area (Å²) in [6.45, 7) is 4.07. The maximum absolute atomic E-state index is 13.9. The van der Waals surface area contributed by atoms with Gasteiger partial charge in [0.1, 0.15) is 101 Å². The van der Waals surface area contributed by atoms with Gasteiger partial charge in [-0.05, 0) is 213 Å². The molecule has 0 saturated heterocycles. The minimum atomic E-state index is -1.86. The van der Waals surface area contributed by atoms with Gasteiger partial charge in [-0.3, -0.25) is 26.1 Å². The molecule has 12 aromatic carbocycles. The molecule has 23 nitrogen and oxygen atoms in total. The van der Waals surface area contributed by atoms with Crippen LogP contribution in [0.15, 0.2) is 303 Å². The Kier molecular flexibility index (Phi) is 27.3. The van der Waals surface area contributed by atoms with Crippen molar-refractivity contribution in [2.45, 2.75) is 43.6 Å². The molecular formula is C100H92N4O19. The molecule has 23 heteroatoms. The minimum absolute atomic E-state index is 0.0429. The number of rotatable bonds is 36. The number of nitrogens with one attached hydrogen (secondary N) is 4. The summed E-state index contributed by atoms with van der Waals surface area (Å²) >= 11 is 0. The van der Waals surface area contributed by atoms with Crippen LogP contribution in [0.5, 0.6) is 23.0 Å². The van der Waals surface area contributed by atoms with Gasteiger partial charge in [-0.15, -0.1) is 0 Å². The Bertz CT molecular complexity index is 5350. The Labute approximate surface area is 711 Å². The number of hydrogen-bond acceptors (Lipinski definition) is 19. The first-order valence-electron chi connectivity index (χ1n) is 40.2. The SMILES string of the molecule is C=C(C)C(=O)OCC(O)COC(=O)C(C)(COC(=O)Nc1cccc(Cc2cccc(NC(=O)OCCOc3ccc(C4(c5ccc(OCCO)cc5)c5ccccc5-c5ccccc54)cc3)c2)c1)COC(=O)Nc1cccc(Cc2cccc(NC(=O)OCCOc3ccc(C4(c5ccc(OCCO)cc5)c5ccccc5-c5ccccc54)cc3)c2)c1. The van der Waals surface area contributed by atoms with E-state index >= 15 is 0 Å².